The number of carbonyl (C=O) groups is 1. The van der Waals surface area contributed by atoms with Crippen LogP contribution in [0.1, 0.15) is 5.69 Å². The average Bonchev–Trinajstić information content (AvgIpc) is 3.14. The zero-order valence-electron chi connectivity index (χ0n) is 12.5. The molecule has 0 radical (unpaired) electrons. The second-order valence-electron chi connectivity index (χ2n) is 4.66. The standard InChI is InChI=1S/C16H14N2O4S/c1-21-13-5-3-10(7-14(13)22-2)12-9-23-16-17-8-11(18(12)16)4-6-15(19)20/h3-9H,1-2H3,(H,19,20)/b6-4+. The summed E-state index contributed by atoms with van der Waals surface area (Å²) >= 11 is 1.49. The Bertz CT molecular complexity index is 895. The van der Waals surface area contributed by atoms with Crippen molar-refractivity contribution in [3.63, 3.8) is 0 Å². The number of hydrogen-bond donors (Lipinski definition) is 1. The van der Waals surface area contributed by atoms with E-state index in [1.165, 1.54) is 17.4 Å². The number of carboxylic acids is 1. The Labute approximate surface area is 136 Å². The van der Waals surface area contributed by atoms with Crippen LogP contribution in [-0.2, 0) is 4.79 Å². The van der Waals surface area contributed by atoms with Crippen LogP contribution in [0.4, 0.5) is 0 Å². The molecule has 0 aliphatic rings. The predicted octanol–water partition coefficient (Wildman–Crippen LogP) is 3.18. The van der Waals surface area contributed by atoms with Crippen molar-refractivity contribution in [1.82, 2.24) is 9.38 Å². The Balaban J connectivity index is 2.13. The predicted molar refractivity (Wildman–Crippen MR) is 88.3 cm³/mol. The molecule has 0 amide bonds. The molecule has 6 nitrogen and oxygen atoms in total. The van der Waals surface area contributed by atoms with E-state index in [1.54, 1.807) is 20.4 Å². The fourth-order valence-electron chi connectivity index (χ4n) is 2.30. The summed E-state index contributed by atoms with van der Waals surface area (Å²) in [5.41, 5.74) is 2.54. The van der Waals surface area contributed by atoms with Gasteiger partial charge in [0.25, 0.3) is 0 Å². The minimum absolute atomic E-state index is 0.632. The number of methoxy groups -OCH3 is 2. The van der Waals surface area contributed by atoms with Crippen LogP contribution in [0.15, 0.2) is 35.9 Å². The first-order chi connectivity index (χ1) is 11.1. The van der Waals surface area contributed by atoms with E-state index in [-0.39, 0.29) is 0 Å². The molecule has 1 N–H and O–H groups in total. The lowest BCUT2D eigenvalue weighted by atomic mass is 10.1. The number of rotatable bonds is 5. The van der Waals surface area contributed by atoms with Crippen molar-refractivity contribution in [2.45, 2.75) is 0 Å². The van der Waals surface area contributed by atoms with Crippen LogP contribution in [0.3, 0.4) is 0 Å². The van der Waals surface area contributed by atoms with Gasteiger partial charge in [0, 0.05) is 17.0 Å². The van der Waals surface area contributed by atoms with Crippen LogP contribution in [0.5, 0.6) is 11.5 Å². The second-order valence-corrected chi connectivity index (χ2v) is 5.50. The minimum atomic E-state index is -0.997. The Kier molecular flexibility index (Phi) is 4.03. The van der Waals surface area contributed by atoms with Gasteiger partial charge in [-0.3, -0.25) is 4.40 Å². The maximum absolute atomic E-state index is 10.7. The molecule has 0 saturated heterocycles. The lowest BCUT2D eigenvalue weighted by Crippen LogP contribution is -1.93. The molecule has 0 aliphatic heterocycles. The van der Waals surface area contributed by atoms with Crippen LogP contribution in [0.2, 0.25) is 0 Å². The molecule has 0 aliphatic carbocycles. The van der Waals surface area contributed by atoms with Crippen LogP contribution >= 0.6 is 11.3 Å². The molecule has 118 valence electrons. The Hall–Kier alpha value is -2.80. The quantitative estimate of drug-likeness (QED) is 0.727. The fourth-order valence-corrected chi connectivity index (χ4v) is 3.18. The summed E-state index contributed by atoms with van der Waals surface area (Å²) in [5, 5.41) is 10.8. The van der Waals surface area contributed by atoms with Gasteiger partial charge in [0.05, 0.1) is 31.8 Å². The summed E-state index contributed by atoms with van der Waals surface area (Å²) in [6.07, 6.45) is 4.27. The van der Waals surface area contributed by atoms with Crippen molar-refractivity contribution in [2.24, 2.45) is 0 Å². The second kappa shape index (κ2) is 6.13. The van der Waals surface area contributed by atoms with E-state index in [0.717, 1.165) is 22.3 Å². The first-order valence-electron chi connectivity index (χ1n) is 6.72. The van der Waals surface area contributed by atoms with Crippen LogP contribution in [-0.4, -0.2) is 34.7 Å². The molecule has 0 saturated carbocycles. The molecule has 0 atom stereocenters. The third-order valence-electron chi connectivity index (χ3n) is 3.35. The van der Waals surface area contributed by atoms with Gasteiger partial charge in [-0.2, -0.15) is 0 Å². The highest BCUT2D eigenvalue weighted by atomic mass is 32.1. The highest BCUT2D eigenvalue weighted by Crippen LogP contribution is 2.34. The van der Waals surface area contributed by atoms with Crippen molar-refractivity contribution in [3.8, 4) is 22.8 Å². The largest absolute Gasteiger partial charge is 0.493 e. The molecular formula is C16H14N2O4S. The number of hydrogen-bond acceptors (Lipinski definition) is 5. The maximum Gasteiger partial charge on any atom is 0.328 e. The van der Waals surface area contributed by atoms with Crippen LogP contribution < -0.4 is 9.47 Å². The SMILES string of the molecule is COc1ccc(-c2csc3ncc(/C=C/C(=O)O)n23)cc1OC. The van der Waals surface area contributed by atoms with Gasteiger partial charge in [-0.25, -0.2) is 9.78 Å². The number of ether oxygens (including phenoxy) is 2. The molecule has 0 unspecified atom stereocenters. The first-order valence-corrected chi connectivity index (χ1v) is 7.60. The molecule has 7 heteroatoms. The van der Waals surface area contributed by atoms with E-state index in [1.807, 2.05) is 28.0 Å². The third kappa shape index (κ3) is 2.78. The van der Waals surface area contributed by atoms with Gasteiger partial charge in [-0.1, -0.05) is 0 Å². The normalized spacial score (nSPS) is 11.2. The molecule has 3 aromatic rings. The molecular weight excluding hydrogens is 316 g/mol. The summed E-state index contributed by atoms with van der Waals surface area (Å²) in [6.45, 7) is 0. The van der Waals surface area contributed by atoms with Gasteiger partial charge in [0.1, 0.15) is 0 Å². The molecule has 3 rings (SSSR count). The van der Waals surface area contributed by atoms with E-state index >= 15 is 0 Å². The van der Waals surface area contributed by atoms with E-state index in [4.69, 9.17) is 14.6 Å². The average molecular weight is 330 g/mol. The number of imidazole rings is 1. The Morgan fingerprint density at radius 1 is 1.30 bits per heavy atom. The number of thiazole rings is 1. The molecule has 0 fully saturated rings. The highest BCUT2D eigenvalue weighted by molar-refractivity contribution is 7.15. The number of carboxylic acid groups (broad SMARTS) is 1. The first kappa shape index (κ1) is 15.1. The lowest BCUT2D eigenvalue weighted by Gasteiger charge is -2.09. The zero-order valence-corrected chi connectivity index (χ0v) is 13.3. The topological polar surface area (TPSA) is 73.1 Å². The van der Waals surface area contributed by atoms with Crippen molar-refractivity contribution in [3.05, 3.63) is 41.5 Å². The molecule has 2 heterocycles. The van der Waals surface area contributed by atoms with Gasteiger partial charge in [0.15, 0.2) is 16.5 Å². The van der Waals surface area contributed by atoms with Crippen LogP contribution in [0.25, 0.3) is 22.3 Å². The van der Waals surface area contributed by atoms with E-state index in [0.29, 0.717) is 17.2 Å². The van der Waals surface area contributed by atoms with Gasteiger partial charge in [-0.15, -0.1) is 11.3 Å². The number of benzene rings is 1. The van der Waals surface area contributed by atoms with Crippen molar-refractivity contribution in [1.29, 1.82) is 0 Å². The summed E-state index contributed by atoms with van der Waals surface area (Å²) < 4.78 is 12.5. The van der Waals surface area contributed by atoms with Crippen molar-refractivity contribution in [2.75, 3.05) is 14.2 Å². The smallest absolute Gasteiger partial charge is 0.328 e. The Morgan fingerprint density at radius 2 is 2.09 bits per heavy atom. The van der Waals surface area contributed by atoms with E-state index in [9.17, 15) is 4.79 Å². The van der Waals surface area contributed by atoms with Gasteiger partial charge < -0.3 is 14.6 Å². The summed E-state index contributed by atoms with van der Waals surface area (Å²) in [5.74, 6) is 0.286. The number of nitrogens with zero attached hydrogens (tertiary/aromatic N) is 2. The number of fused-ring (bicyclic) bond motifs is 1. The van der Waals surface area contributed by atoms with Crippen molar-refractivity contribution >= 4 is 28.3 Å². The summed E-state index contributed by atoms with van der Waals surface area (Å²) in [7, 11) is 3.17. The molecule has 0 spiro atoms. The minimum Gasteiger partial charge on any atom is -0.493 e. The highest BCUT2D eigenvalue weighted by Gasteiger charge is 2.13. The van der Waals surface area contributed by atoms with E-state index in [2.05, 4.69) is 4.98 Å². The van der Waals surface area contributed by atoms with E-state index < -0.39 is 5.97 Å². The monoisotopic (exact) mass is 330 g/mol. The van der Waals surface area contributed by atoms with Gasteiger partial charge in [-0.05, 0) is 24.3 Å². The molecule has 2 aromatic heterocycles. The summed E-state index contributed by atoms with van der Waals surface area (Å²) in [6, 6.07) is 5.64. The molecule has 1 aromatic carbocycles. The number of aromatic nitrogens is 2. The zero-order chi connectivity index (χ0) is 16.4. The van der Waals surface area contributed by atoms with Crippen LogP contribution in [0, 0.1) is 0 Å². The Morgan fingerprint density at radius 3 is 2.78 bits per heavy atom. The van der Waals surface area contributed by atoms with Crippen molar-refractivity contribution < 1.29 is 19.4 Å². The lowest BCUT2D eigenvalue weighted by molar-refractivity contribution is -0.131. The fraction of sp³-hybridized carbons (Fsp3) is 0.125. The summed E-state index contributed by atoms with van der Waals surface area (Å²) in [4.78, 5) is 15.8. The molecule has 23 heavy (non-hydrogen) atoms. The van der Waals surface area contributed by atoms with Gasteiger partial charge in [0.2, 0.25) is 0 Å². The third-order valence-corrected chi connectivity index (χ3v) is 4.19. The molecule has 0 bridgehead atoms. The number of aliphatic carboxylic acids is 1. The van der Waals surface area contributed by atoms with Gasteiger partial charge >= 0.3 is 5.97 Å². The maximum atomic E-state index is 10.7.